The first-order chi connectivity index (χ1) is 7.97. The molecule has 0 saturated heterocycles. The minimum Gasteiger partial charge on any atom is -0.508 e. The lowest BCUT2D eigenvalue weighted by Gasteiger charge is -2.12. The molecule has 0 aromatic heterocycles. The molecule has 0 spiro atoms. The maximum absolute atomic E-state index is 12.0. The van der Waals surface area contributed by atoms with Gasteiger partial charge in [-0.1, -0.05) is 6.07 Å². The van der Waals surface area contributed by atoms with Crippen LogP contribution in [0.3, 0.4) is 0 Å². The van der Waals surface area contributed by atoms with E-state index in [1.807, 2.05) is 0 Å². The zero-order valence-corrected chi connectivity index (χ0v) is 10.4. The van der Waals surface area contributed by atoms with Crippen molar-refractivity contribution in [1.29, 1.82) is 0 Å². The summed E-state index contributed by atoms with van der Waals surface area (Å²) in [6.45, 7) is 0.558. The van der Waals surface area contributed by atoms with Crippen LogP contribution in [0.5, 0.6) is 5.75 Å². The van der Waals surface area contributed by atoms with E-state index in [0.717, 1.165) is 12.8 Å². The van der Waals surface area contributed by atoms with Gasteiger partial charge in [-0.05, 0) is 49.4 Å². The third kappa shape index (κ3) is 2.79. The summed E-state index contributed by atoms with van der Waals surface area (Å²) in [6.07, 6.45) is 2.67. The van der Waals surface area contributed by atoms with Crippen molar-refractivity contribution in [2.45, 2.75) is 24.2 Å². The Hall–Kier alpha value is -1.07. The molecule has 2 rings (SSSR count). The van der Waals surface area contributed by atoms with E-state index >= 15 is 0 Å². The quantitative estimate of drug-likeness (QED) is 0.831. The fourth-order valence-electron chi connectivity index (χ4n) is 1.88. The summed E-state index contributed by atoms with van der Waals surface area (Å²) < 4.78 is 24.0. The number of phenols is 1. The average Bonchev–Trinajstić information content (AvgIpc) is 3.07. The Balaban J connectivity index is 2.09. The van der Waals surface area contributed by atoms with E-state index in [-0.39, 0.29) is 21.8 Å². The number of aromatic hydroxyl groups is 1. The van der Waals surface area contributed by atoms with Crippen LogP contribution in [-0.4, -0.2) is 25.8 Å². The third-order valence-corrected chi connectivity index (χ3v) is 5.18. The molecule has 1 aromatic rings. The first-order valence-electron chi connectivity index (χ1n) is 5.69. The largest absolute Gasteiger partial charge is 0.508 e. The number of sulfone groups is 1. The summed E-state index contributed by atoms with van der Waals surface area (Å²) in [5.74, 6) is 0.0826. The predicted octanol–water partition coefficient (Wildman–Crippen LogP) is 1.29. The fourth-order valence-corrected chi connectivity index (χ4v) is 3.40. The zero-order chi connectivity index (χ0) is 12.5. The summed E-state index contributed by atoms with van der Waals surface area (Å²) in [4.78, 5) is 0.185. The predicted molar refractivity (Wildman–Crippen MR) is 65.5 cm³/mol. The summed E-state index contributed by atoms with van der Waals surface area (Å²) in [6, 6.07) is 5.80. The van der Waals surface area contributed by atoms with E-state index < -0.39 is 9.84 Å². The average molecular weight is 255 g/mol. The zero-order valence-electron chi connectivity index (χ0n) is 9.59. The number of benzene rings is 1. The van der Waals surface area contributed by atoms with Crippen molar-refractivity contribution < 1.29 is 13.5 Å². The highest BCUT2D eigenvalue weighted by molar-refractivity contribution is 7.91. The first kappa shape index (κ1) is 12.4. The van der Waals surface area contributed by atoms with Gasteiger partial charge in [0, 0.05) is 0 Å². The van der Waals surface area contributed by atoms with Crippen molar-refractivity contribution in [1.82, 2.24) is 0 Å². The summed E-state index contributed by atoms with van der Waals surface area (Å²) >= 11 is 0. The Labute approximate surface area is 101 Å². The van der Waals surface area contributed by atoms with Gasteiger partial charge in [0.1, 0.15) is 5.75 Å². The molecule has 5 heteroatoms. The van der Waals surface area contributed by atoms with Crippen LogP contribution < -0.4 is 5.73 Å². The second-order valence-electron chi connectivity index (χ2n) is 4.77. The highest BCUT2D eigenvalue weighted by Gasteiger charge is 2.41. The Kier molecular flexibility index (Phi) is 3.14. The van der Waals surface area contributed by atoms with Crippen molar-refractivity contribution in [3.8, 4) is 5.75 Å². The molecule has 4 nitrogen and oxygen atoms in total. The number of phenolic OH excluding ortho intramolecular Hbond substituents is 1. The first-order valence-corrected chi connectivity index (χ1v) is 7.35. The lowest BCUT2D eigenvalue weighted by molar-refractivity contribution is 0.472. The van der Waals surface area contributed by atoms with Crippen LogP contribution in [-0.2, 0) is 9.84 Å². The third-order valence-electron chi connectivity index (χ3n) is 3.47. The van der Waals surface area contributed by atoms with Gasteiger partial charge in [-0.15, -0.1) is 0 Å². The van der Waals surface area contributed by atoms with Crippen LogP contribution >= 0.6 is 0 Å². The van der Waals surface area contributed by atoms with Gasteiger partial charge in [0.25, 0.3) is 0 Å². The minimum atomic E-state index is -3.30. The molecule has 0 radical (unpaired) electrons. The van der Waals surface area contributed by atoms with E-state index in [1.165, 1.54) is 24.3 Å². The summed E-state index contributed by atoms with van der Waals surface area (Å²) in [5.41, 5.74) is 5.69. The molecule has 17 heavy (non-hydrogen) atoms. The van der Waals surface area contributed by atoms with Gasteiger partial charge in [0.2, 0.25) is 0 Å². The smallest absolute Gasteiger partial charge is 0.178 e. The molecule has 1 saturated carbocycles. The SMILES string of the molecule is NCC1(CCS(=O)(=O)c2cccc(O)c2)CC1. The van der Waals surface area contributed by atoms with Crippen LogP contribution in [0.2, 0.25) is 0 Å². The standard InChI is InChI=1S/C12H17NO3S/c13-9-12(4-5-12)6-7-17(15,16)11-3-1-2-10(14)8-11/h1-3,8,14H,4-7,9,13H2. The maximum Gasteiger partial charge on any atom is 0.178 e. The van der Waals surface area contributed by atoms with Gasteiger partial charge in [0.15, 0.2) is 9.84 Å². The molecule has 94 valence electrons. The van der Waals surface area contributed by atoms with Crippen LogP contribution in [0, 0.1) is 5.41 Å². The molecule has 3 N–H and O–H groups in total. The van der Waals surface area contributed by atoms with E-state index in [4.69, 9.17) is 5.73 Å². The van der Waals surface area contributed by atoms with E-state index in [1.54, 1.807) is 0 Å². The van der Waals surface area contributed by atoms with Crippen molar-refractivity contribution in [3.05, 3.63) is 24.3 Å². The number of nitrogens with two attached hydrogens (primary N) is 1. The van der Waals surface area contributed by atoms with E-state index in [9.17, 15) is 13.5 Å². The summed E-state index contributed by atoms with van der Waals surface area (Å²) in [7, 11) is -3.30. The summed E-state index contributed by atoms with van der Waals surface area (Å²) in [5, 5.41) is 9.28. The van der Waals surface area contributed by atoms with E-state index in [2.05, 4.69) is 0 Å². The van der Waals surface area contributed by atoms with Gasteiger partial charge in [-0.3, -0.25) is 0 Å². The molecule has 0 heterocycles. The Bertz CT molecular complexity index is 506. The fraction of sp³-hybridized carbons (Fsp3) is 0.500. The lowest BCUT2D eigenvalue weighted by Crippen LogP contribution is -2.19. The van der Waals surface area contributed by atoms with Gasteiger partial charge in [0.05, 0.1) is 10.6 Å². The molecule has 1 fully saturated rings. The van der Waals surface area contributed by atoms with Gasteiger partial charge < -0.3 is 10.8 Å². The Morgan fingerprint density at radius 2 is 2.06 bits per heavy atom. The monoisotopic (exact) mass is 255 g/mol. The number of rotatable bonds is 5. The number of hydrogen-bond donors (Lipinski definition) is 2. The normalized spacial score (nSPS) is 17.9. The van der Waals surface area contributed by atoms with Crippen LogP contribution in [0.15, 0.2) is 29.2 Å². The van der Waals surface area contributed by atoms with Crippen molar-refractivity contribution >= 4 is 9.84 Å². The van der Waals surface area contributed by atoms with Gasteiger partial charge in [-0.2, -0.15) is 0 Å². The molecular formula is C12H17NO3S. The minimum absolute atomic E-state index is 0.0222. The van der Waals surface area contributed by atoms with Crippen LogP contribution in [0.4, 0.5) is 0 Å². The highest BCUT2D eigenvalue weighted by atomic mass is 32.2. The topological polar surface area (TPSA) is 80.4 Å². The van der Waals surface area contributed by atoms with Crippen molar-refractivity contribution in [2.24, 2.45) is 11.1 Å². The molecule has 0 atom stereocenters. The molecule has 0 bridgehead atoms. The second-order valence-corrected chi connectivity index (χ2v) is 6.88. The number of hydrogen-bond acceptors (Lipinski definition) is 4. The van der Waals surface area contributed by atoms with Crippen LogP contribution in [0.25, 0.3) is 0 Å². The molecule has 1 aliphatic rings. The maximum atomic E-state index is 12.0. The molecule has 0 amide bonds. The molecule has 0 unspecified atom stereocenters. The van der Waals surface area contributed by atoms with E-state index in [0.29, 0.717) is 13.0 Å². The van der Waals surface area contributed by atoms with Gasteiger partial charge in [-0.25, -0.2) is 8.42 Å². The Morgan fingerprint density at radius 1 is 1.35 bits per heavy atom. The molecule has 1 aliphatic carbocycles. The molecule has 1 aromatic carbocycles. The van der Waals surface area contributed by atoms with Crippen molar-refractivity contribution in [3.63, 3.8) is 0 Å². The Morgan fingerprint density at radius 3 is 2.59 bits per heavy atom. The molecule has 0 aliphatic heterocycles. The van der Waals surface area contributed by atoms with Crippen molar-refractivity contribution in [2.75, 3.05) is 12.3 Å². The lowest BCUT2D eigenvalue weighted by atomic mass is 10.1. The molecular weight excluding hydrogens is 238 g/mol. The van der Waals surface area contributed by atoms with Gasteiger partial charge >= 0.3 is 0 Å². The van der Waals surface area contributed by atoms with Crippen LogP contribution in [0.1, 0.15) is 19.3 Å². The highest BCUT2D eigenvalue weighted by Crippen LogP contribution is 2.48. The second kappa shape index (κ2) is 4.31.